The van der Waals surface area contributed by atoms with E-state index >= 15 is 0 Å². The molecule has 0 atom stereocenters. The fourth-order valence-electron chi connectivity index (χ4n) is 3.50. The van der Waals surface area contributed by atoms with Gasteiger partial charge in [-0.15, -0.1) is 0 Å². The summed E-state index contributed by atoms with van der Waals surface area (Å²) in [5.74, 6) is -0.0446. The van der Waals surface area contributed by atoms with Crippen molar-refractivity contribution >= 4 is 16.8 Å². The van der Waals surface area contributed by atoms with Crippen LogP contribution < -0.4 is 5.32 Å². The van der Waals surface area contributed by atoms with E-state index in [-0.39, 0.29) is 5.91 Å². The predicted molar refractivity (Wildman–Crippen MR) is 91.6 cm³/mol. The summed E-state index contributed by atoms with van der Waals surface area (Å²) >= 11 is 0. The van der Waals surface area contributed by atoms with Gasteiger partial charge in [0.1, 0.15) is 5.69 Å². The molecule has 0 fully saturated rings. The van der Waals surface area contributed by atoms with Crippen LogP contribution in [0.1, 0.15) is 28.0 Å². The third-order valence-corrected chi connectivity index (χ3v) is 4.57. The predicted octanol–water partition coefficient (Wildman–Crippen LogP) is 3.02. The summed E-state index contributed by atoms with van der Waals surface area (Å²) in [5, 5.41) is 13.3. The summed E-state index contributed by atoms with van der Waals surface area (Å²) in [6.07, 6.45) is 4.41. The van der Waals surface area contributed by atoms with Crippen molar-refractivity contribution in [2.24, 2.45) is 0 Å². The number of rotatable bonds is 1. The molecule has 0 aliphatic carbocycles. The van der Waals surface area contributed by atoms with E-state index in [9.17, 15) is 10.1 Å². The van der Waals surface area contributed by atoms with Crippen LogP contribution in [0.25, 0.3) is 22.0 Å². The highest BCUT2D eigenvalue weighted by Gasteiger charge is 2.24. The number of nitrogens with zero attached hydrogens (tertiary/aromatic N) is 3. The average Bonchev–Trinajstić information content (AvgIpc) is 2.77. The standard InChI is InChI=1S/C19H16N4O/c1-12-15-8-13(10-20)9-16(14-4-2-5-21-11-14)18(15)23-7-3-6-22-19(24)17(12)23/h2,4-5,8-9,11H,3,6-7H2,1H3,(H,22,24). The van der Waals surface area contributed by atoms with Crippen LogP contribution in [0.4, 0.5) is 0 Å². The minimum absolute atomic E-state index is 0.0446. The van der Waals surface area contributed by atoms with Crippen molar-refractivity contribution in [1.29, 1.82) is 5.26 Å². The monoisotopic (exact) mass is 316 g/mol. The second kappa shape index (κ2) is 5.50. The number of nitriles is 1. The number of carbonyl (C=O) groups excluding carboxylic acids is 1. The van der Waals surface area contributed by atoms with Gasteiger partial charge in [0.15, 0.2) is 0 Å². The highest BCUT2D eigenvalue weighted by molar-refractivity contribution is 6.06. The third-order valence-electron chi connectivity index (χ3n) is 4.57. The molecule has 0 bridgehead atoms. The fraction of sp³-hybridized carbons (Fsp3) is 0.211. The second-order valence-corrected chi connectivity index (χ2v) is 6.01. The first kappa shape index (κ1) is 14.5. The molecule has 24 heavy (non-hydrogen) atoms. The lowest BCUT2D eigenvalue weighted by Crippen LogP contribution is -2.23. The molecule has 1 aliphatic rings. The topological polar surface area (TPSA) is 70.7 Å². The van der Waals surface area contributed by atoms with Gasteiger partial charge in [-0.1, -0.05) is 6.07 Å². The average molecular weight is 316 g/mol. The van der Waals surface area contributed by atoms with Crippen LogP contribution in [0.5, 0.6) is 0 Å². The Morgan fingerprint density at radius 3 is 3.00 bits per heavy atom. The molecule has 118 valence electrons. The Bertz CT molecular complexity index is 996. The first-order valence-electron chi connectivity index (χ1n) is 7.96. The number of hydrogen-bond donors (Lipinski definition) is 1. The molecule has 1 aromatic carbocycles. The van der Waals surface area contributed by atoms with Crippen molar-refractivity contribution in [3.05, 3.63) is 53.5 Å². The smallest absolute Gasteiger partial charge is 0.268 e. The van der Waals surface area contributed by atoms with Crippen molar-refractivity contribution in [3.63, 3.8) is 0 Å². The van der Waals surface area contributed by atoms with Gasteiger partial charge in [0.05, 0.1) is 17.1 Å². The minimum Gasteiger partial charge on any atom is -0.351 e. The third kappa shape index (κ3) is 2.08. The van der Waals surface area contributed by atoms with Crippen molar-refractivity contribution in [2.45, 2.75) is 19.9 Å². The van der Waals surface area contributed by atoms with E-state index < -0.39 is 0 Å². The second-order valence-electron chi connectivity index (χ2n) is 6.01. The molecule has 0 spiro atoms. The van der Waals surface area contributed by atoms with Gasteiger partial charge < -0.3 is 9.88 Å². The zero-order chi connectivity index (χ0) is 16.7. The van der Waals surface area contributed by atoms with Gasteiger partial charge in [-0.05, 0) is 37.1 Å². The summed E-state index contributed by atoms with van der Waals surface area (Å²) in [6.45, 7) is 3.41. The van der Waals surface area contributed by atoms with Crippen LogP contribution >= 0.6 is 0 Å². The van der Waals surface area contributed by atoms with Gasteiger partial charge >= 0.3 is 0 Å². The largest absolute Gasteiger partial charge is 0.351 e. The fourth-order valence-corrected chi connectivity index (χ4v) is 3.50. The zero-order valence-corrected chi connectivity index (χ0v) is 13.3. The van der Waals surface area contributed by atoms with E-state index in [1.807, 2.05) is 31.2 Å². The maximum absolute atomic E-state index is 12.5. The Balaban J connectivity index is 2.14. The van der Waals surface area contributed by atoms with Crippen molar-refractivity contribution in [2.75, 3.05) is 6.54 Å². The molecule has 5 heteroatoms. The number of aromatic nitrogens is 2. The molecule has 4 rings (SSSR count). The molecular formula is C19H16N4O. The van der Waals surface area contributed by atoms with Crippen LogP contribution in [0.2, 0.25) is 0 Å². The number of amides is 1. The number of pyridine rings is 1. The Labute approximate surface area is 139 Å². The molecule has 1 N–H and O–H groups in total. The van der Waals surface area contributed by atoms with Gasteiger partial charge in [0, 0.05) is 42.0 Å². The van der Waals surface area contributed by atoms with Gasteiger partial charge in [0.2, 0.25) is 0 Å². The summed E-state index contributed by atoms with van der Waals surface area (Å²) in [6, 6.07) is 9.85. The van der Waals surface area contributed by atoms with Crippen molar-refractivity contribution in [3.8, 4) is 17.2 Å². The highest BCUT2D eigenvalue weighted by atomic mass is 16.2. The Hall–Kier alpha value is -3.13. The summed E-state index contributed by atoms with van der Waals surface area (Å²) < 4.78 is 2.09. The highest BCUT2D eigenvalue weighted by Crippen LogP contribution is 2.35. The molecule has 5 nitrogen and oxygen atoms in total. The summed E-state index contributed by atoms with van der Waals surface area (Å²) in [4.78, 5) is 16.7. The Kier molecular flexibility index (Phi) is 3.31. The first-order chi connectivity index (χ1) is 11.7. The molecule has 3 heterocycles. The lowest BCUT2D eigenvalue weighted by molar-refractivity contribution is 0.0951. The van der Waals surface area contributed by atoms with Crippen LogP contribution in [0, 0.1) is 18.3 Å². The normalized spacial score (nSPS) is 13.9. The van der Waals surface area contributed by atoms with Crippen LogP contribution in [0.15, 0.2) is 36.7 Å². The molecule has 0 saturated heterocycles. The molecule has 1 amide bonds. The van der Waals surface area contributed by atoms with E-state index in [0.29, 0.717) is 17.8 Å². The van der Waals surface area contributed by atoms with Crippen LogP contribution in [0.3, 0.4) is 0 Å². The number of fused-ring (bicyclic) bond motifs is 3. The zero-order valence-electron chi connectivity index (χ0n) is 13.3. The lowest BCUT2D eigenvalue weighted by atomic mass is 10.00. The van der Waals surface area contributed by atoms with Crippen molar-refractivity contribution < 1.29 is 4.79 Å². The van der Waals surface area contributed by atoms with Gasteiger partial charge in [-0.2, -0.15) is 5.26 Å². The maximum atomic E-state index is 12.5. The molecule has 0 radical (unpaired) electrons. The molecule has 3 aromatic rings. The number of benzene rings is 1. The van der Waals surface area contributed by atoms with Gasteiger partial charge in [-0.3, -0.25) is 9.78 Å². The number of aryl methyl sites for hydroxylation is 2. The quantitative estimate of drug-likeness (QED) is 0.750. The molecule has 2 aromatic heterocycles. The van der Waals surface area contributed by atoms with Gasteiger partial charge in [-0.25, -0.2) is 0 Å². The molecule has 0 unspecified atom stereocenters. The Morgan fingerprint density at radius 1 is 1.38 bits per heavy atom. The number of carbonyl (C=O) groups is 1. The molecule has 0 saturated carbocycles. The summed E-state index contributed by atoms with van der Waals surface area (Å²) in [7, 11) is 0. The van der Waals surface area contributed by atoms with E-state index in [1.54, 1.807) is 12.4 Å². The van der Waals surface area contributed by atoms with E-state index in [1.165, 1.54) is 0 Å². The SMILES string of the molecule is Cc1c2n(c3c(-c4cccnc4)cc(C#N)cc13)CCCNC2=O. The van der Waals surface area contributed by atoms with E-state index in [2.05, 4.69) is 20.9 Å². The number of nitrogens with one attached hydrogen (secondary N) is 1. The minimum atomic E-state index is -0.0446. The summed E-state index contributed by atoms with van der Waals surface area (Å²) in [5.41, 5.74) is 5.11. The lowest BCUT2D eigenvalue weighted by Gasteiger charge is -2.10. The molecule has 1 aliphatic heterocycles. The Morgan fingerprint density at radius 2 is 2.25 bits per heavy atom. The van der Waals surface area contributed by atoms with E-state index in [4.69, 9.17) is 0 Å². The first-order valence-corrected chi connectivity index (χ1v) is 7.96. The number of hydrogen-bond acceptors (Lipinski definition) is 3. The van der Waals surface area contributed by atoms with Crippen molar-refractivity contribution in [1.82, 2.24) is 14.9 Å². The van der Waals surface area contributed by atoms with Crippen LogP contribution in [-0.4, -0.2) is 22.0 Å². The van der Waals surface area contributed by atoms with Gasteiger partial charge in [0.25, 0.3) is 5.91 Å². The molecular weight excluding hydrogens is 300 g/mol. The van der Waals surface area contributed by atoms with Crippen LogP contribution in [-0.2, 0) is 6.54 Å². The van der Waals surface area contributed by atoms with E-state index in [0.717, 1.165) is 40.6 Å². The maximum Gasteiger partial charge on any atom is 0.268 e.